The predicted molar refractivity (Wildman–Crippen MR) is 61.4 cm³/mol. The van der Waals surface area contributed by atoms with E-state index in [-0.39, 0.29) is 6.73 Å². The Labute approximate surface area is 89.9 Å². The molecule has 0 aliphatic heterocycles. The van der Waals surface area contributed by atoms with Crippen LogP contribution in [0.3, 0.4) is 0 Å². The molecule has 0 bridgehead atoms. The summed E-state index contributed by atoms with van der Waals surface area (Å²) in [5.74, 6) is 1.11. The maximum absolute atomic E-state index is 8.86. The minimum atomic E-state index is 0.103. The molecule has 0 heterocycles. The van der Waals surface area contributed by atoms with Crippen molar-refractivity contribution in [2.24, 2.45) is 0 Å². The van der Waals surface area contributed by atoms with Crippen LogP contribution in [0.25, 0.3) is 0 Å². The molecule has 0 spiro atoms. The van der Waals surface area contributed by atoms with Crippen LogP contribution in [-0.4, -0.2) is 29.5 Å². The zero-order valence-electron chi connectivity index (χ0n) is 8.73. The summed E-state index contributed by atoms with van der Waals surface area (Å²) in [5.41, 5.74) is 1.24. The number of rotatable bonds is 5. The van der Waals surface area contributed by atoms with E-state index in [0.717, 1.165) is 12.3 Å². The Morgan fingerprint density at radius 1 is 1.29 bits per heavy atom. The van der Waals surface area contributed by atoms with Crippen molar-refractivity contribution in [1.82, 2.24) is 4.90 Å². The largest absolute Gasteiger partial charge is 0.381 e. The van der Waals surface area contributed by atoms with Crippen molar-refractivity contribution < 1.29 is 5.11 Å². The van der Waals surface area contributed by atoms with Crippen LogP contribution >= 0.6 is 11.8 Å². The van der Waals surface area contributed by atoms with Gasteiger partial charge >= 0.3 is 0 Å². The molecule has 1 rings (SSSR count). The lowest BCUT2D eigenvalue weighted by Gasteiger charge is -2.12. The van der Waals surface area contributed by atoms with E-state index in [1.807, 2.05) is 23.7 Å². The van der Waals surface area contributed by atoms with E-state index in [1.54, 1.807) is 0 Å². The summed E-state index contributed by atoms with van der Waals surface area (Å²) >= 11 is 1.85. The third-order valence-corrected chi connectivity index (χ3v) is 2.82. The van der Waals surface area contributed by atoms with Gasteiger partial charge in [-0.3, -0.25) is 4.90 Å². The van der Waals surface area contributed by atoms with Crippen LogP contribution in [0.4, 0.5) is 0 Å². The maximum atomic E-state index is 8.86. The van der Waals surface area contributed by atoms with Crippen molar-refractivity contribution in [1.29, 1.82) is 0 Å². The van der Waals surface area contributed by atoms with E-state index >= 15 is 0 Å². The van der Waals surface area contributed by atoms with Gasteiger partial charge in [0.25, 0.3) is 0 Å². The van der Waals surface area contributed by atoms with Crippen molar-refractivity contribution in [3.05, 3.63) is 29.8 Å². The molecule has 0 fully saturated rings. The molecule has 0 saturated carbocycles. The van der Waals surface area contributed by atoms with Crippen LogP contribution in [0, 0.1) is 0 Å². The Balaban J connectivity index is 2.54. The molecule has 1 N–H and O–H groups in total. The molecule has 0 unspecified atom stereocenters. The number of aliphatic hydroxyl groups is 1. The lowest BCUT2D eigenvalue weighted by Crippen LogP contribution is -2.18. The van der Waals surface area contributed by atoms with Crippen molar-refractivity contribution in [2.45, 2.75) is 18.4 Å². The molecule has 3 heteroatoms. The third-order valence-electron chi connectivity index (χ3n) is 1.93. The van der Waals surface area contributed by atoms with E-state index in [4.69, 9.17) is 5.11 Å². The van der Waals surface area contributed by atoms with Gasteiger partial charge in [-0.1, -0.05) is 19.1 Å². The van der Waals surface area contributed by atoms with Crippen molar-refractivity contribution in [3.63, 3.8) is 0 Å². The van der Waals surface area contributed by atoms with E-state index in [9.17, 15) is 0 Å². The second-order valence-corrected chi connectivity index (χ2v) is 4.57. The number of benzene rings is 1. The summed E-state index contributed by atoms with van der Waals surface area (Å²) in [4.78, 5) is 3.17. The zero-order chi connectivity index (χ0) is 10.4. The fraction of sp³-hybridized carbons (Fsp3) is 0.455. The van der Waals surface area contributed by atoms with Crippen molar-refractivity contribution >= 4 is 11.8 Å². The topological polar surface area (TPSA) is 23.5 Å². The Morgan fingerprint density at radius 2 is 1.93 bits per heavy atom. The van der Waals surface area contributed by atoms with Gasteiger partial charge in [-0.15, -0.1) is 11.8 Å². The van der Waals surface area contributed by atoms with Gasteiger partial charge in [0, 0.05) is 11.4 Å². The number of thioether (sulfide) groups is 1. The Hall–Kier alpha value is -0.510. The quantitative estimate of drug-likeness (QED) is 0.596. The highest BCUT2D eigenvalue weighted by atomic mass is 32.2. The van der Waals surface area contributed by atoms with E-state index in [0.29, 0.717) is 0 Å². The molecule has 1 aromatic carbocycles. The second kappa shape index (κ2) is 6.06. The first-order valence-corrected chi connectivity index (χ1v) is 5.76. The van der Waals surface area contributed by atoms with E-state index in [1.165, 1.54) is 10.5 Å². The molecule has 0 amide bonds. The van der Waals surface area contributed by atoms with E-state index < -0.39 is 0 Å². The van der Waals surface area contributed by atoms with Gasteiger partial charge in [0.2, 0.25) is 0 Å². The van der Waals surface area contributed by atoms with Gasteiger partial charge in [0.15, 0.2) is 0 Å². The fourth-order valence-electron chi connectivity index (χ4n) is 1.22. The molecule has 0 aliphatic carbocycles. The maximum Gasteiger partial charge on any atom is 0.0956 e. The van der Waals surface area contributed by atoms with E-state index in [2.05, 4.69) is 31.2 Å². The summed E-state index contributed by atoms with van der Waals surface area (Å²) in [6, 6.07) is 8.50. The molecule has 0 aromatic heterocycles. The summed E-state index contributed by atoms with van der Waals surface area (Å²) in [6.45, 7) is 3.05. The van der Waals surface area contributed by atoms with Gasteiger partial charge in [-0.05, 0) is 30.5 Å². The lowest BCUT2D eigenvalue weighted by atomic mass is 10.2. The number of hydrogen-bond acceptors (Lipinski definition) is 3. The number of aliphatic hydroxyl groups excluding tert-OH is 1. The SMILES string of the molecule is CCSc1ccc(CN(C)CO)cc1. The first-order valence-electron chi connectivity index (χ1n) is 4.77. The monoisotopic (exact) mass is 211 g/mol. The minimum absolute atomic E-state index is 0.103. The summed E-state index contributed by atoms with van der Waals surface area (Å²) in [5, 5.41) is 8.86. The smallest absolute Gasteiger partial charge is 0.0956 e. The van der Waals surface area contributed by atoms with Crippen LogP contribution in [-0.2, 0) is 6.54 Å². The summed E-state index contributed by atoms with van der Waals surface area (Å²) < 4.78 is 0. The van der Waals surface area contributed by atoms with Crippen LogP contribution in [0.1, 0.15) is 12.5 Å². The Kier molecular flexibility index (Phi) is 5.01. The third kappa shape index (κ3) is 3.70. The van der Waals surface area contributed by atoms with Crippen LogP contribution in [0.15, 0.2) is 29.2 Å². The molecular weight excluding hydrogens is 194 g/mol. The predicted octanol–water partition coefficient (Wildman–Crippen LogP) is 2.18. The highest BCUT2D eigenvalue weighted by molar-refractivity contribution is 7.99. The molecule has 78 valence electrons. The molecular formula is C11H17NOS. The van der Waals surface area contributed by atoms with Gasteiger partial charge in [0.05, 0.1) is 6.73 Å². The molecule has 0 aliphatic rings. The highest BCUT2D eigenvalue weighted by Gasteiger charge is 1.98. The highest BCUT2D eigenvalue weighted by Crippen LogP contribution is 2.18. The van der Waals surface area contributed by atoms with Crippen LogP contribution < -0.4 is 0 Å². The molecule has 0 atom stereocenters. The fourth-order valence-corrected chi connectivity index (χ4v) is 1.88. The first kappa shape index (κ1) is 11.6. The Morgan fingerprint density at radius 3 is 2.43 bits per heavy atom. The van der Waals surface area contributed by atoms with Crippen molar-refractivity contribution in [3.8, 4) is 0 Å². The number of nitrogens with zero attached hydrogens (tertiary/aromatic N) is 1. The van der Waals surface area contributed by atoms with Gasteiger partial charge in [0.1, 0.15) is 0 Å². The first-order chi connectivity index (χ1) is 6.76. The Bertz CT molecular complexity index is 260. The number of hydrogen-bond donors (Lipinski definition) is 1. The van der Waals surface area contributed by atoms with Gasteiger partial charge in [-0.25, -0.2) is 0 Å². The van der Waals surface area contributed by atoms with Crippen molar-refractivity contribution in [2.75, 3.05) is 19.5 Å². The average molecular weight is 211 g/mol. The summed E-state index contributed by atoms with van der Waals surface area (Å²) in [7, 11) is 1.90. The standard InChI is InChI=1S/C11H17NOS/c1-3-14-11-6-4-10(5-7-11)8-12(2)9-13/h4-7,13H,3,8-9H2,1-2H3. The summed E-state index contributed by atoms with van der Waals surface area (Å²) in [6.07, 6.45) is 0. The molecule has 14 heavy (non-hydrogen) atoms. The lowest BCUT2D eigenvalue weighted by molar-refractivity contribution is 0.127. The molecule has 0 saturated heterocycles. The minimum Gasteiger partial charge on any atom is -0.381 e. The van der Waals surface area contributed by atoms with Crippen LogP contribution in [0.2, 0.25) is 0 Å². The van der Waals surface area contributed by atoms with Crippen LogP contribution in [0.5, 0.6) is 0 Å². The normalized spacial score (nSPS) is 10.9. The second-order valence-electron chi connectivity index (χ2n) is 3.23. The average Bonchev–Trinajstić information content (AvgIpc) is 2.21. The molecule has 2 nitrogen and oxygen atoms in total. The van der Waals surface area contributed by atoms with Gasteiger partial charge < -0.3 is 5.11 Å². The molecule has 1 aromatic rings. The van der Waals surface area contributed by atoms with Gasteiger partial charge in [-0.2, -0.15) is 0 Å². The molecule has 0 radical (unpaired) electrons. The zero-order valence-corrected chi connectivity index (χ0v) is 9.55.